The Morgan fingerprint density at radius 1 is 1.10 bits per heavy atom. The number of nitrogens with zero attached hydrogens (tertiary/aromatic N) is 4. The molecule has 9 nitrogen and oxygen atoms in total. The van der Waals surface area contributed by atoms with Crippen molar-refractivity contribution in [2.75, 3.05) is 6.54 Å². The summed E-state index contributed by atoms with van der Waals surface area (Å²) in [7, 11) is 0. The molecule has 2 aliphatic rings. The van der Waals surface area contributed by atoms with Crippen LogP contribution in [0.5, 0.6) is 0 Å². The van der Waals surface area contributed by atoms with Crippen LogP contribution in [0.3, 0.4) is 0 Å². The van der Waals surface area contributed by atoms with Crippen LogP contribution < -0.4 is 11.2 Å². The van der Waals surface area contributed by atoms with Gasteiger partial charge in [0, 0.05) is 44.0 Å². The standard InChI is InChI=1S/C26H32F6N6O3/c1-13(2)23(33)24(40)38-6-3-4-22(38)41-36-16(8-15-9-18(28)19(29)12-17(15)27)11-20(39)14-5-7-37-21(10-14)34-35-25(37)26(30,31)32/h9,12-14,16,22-23,36H,3-8,10-11,33H2,1-2H3. The molecule has 1 fully saturated rings. The molecule has 226 valence electrons. The number of nitrogens with one attached hydrogen (secondary N) is 1. The Morgan fingerprint density at radius 3 is 2.49 bits per heavy atom. The van der Waals surface area contributed by atoms with Crippen molar-refractivity contribution in [3.05, 3.63) is 46.8 Å². The van der Waals surface area contributed by atoms with E-state index in [1.165, 1.54) is 4.90 Å². The molecule has 4 rings (SSSR count). The minimum absolute atomic E-state index is 0.0240. The number of likely N-dealkylation sites (tertiary alicyclic amines) is 1. The van der Waals surface area contributed by atoms with Crippen LogP contribution in [-0.4, -0.2) is 56.2 Å². The number of benzene rings is 1. The predicted molar refractivity (Wildman–Crippen MR) is 132 cm³/mol. The van der Waals surface area contributed by atoms with E-state index in [0.717, 1.165) is 4.57 Å². The lowest BCUT2D eigenvalue weighted by atomic mass is 9.88. The molecule has 3 heterocycles. The number of Topliss-reactive ketones (excluding diaryl/α,β-unsaturated/α-hetero) is 1. The van der Waals surface area contributed by atoms with Gasteiger partial charge in [-0.3, -0.25) is 14.4 Å². The molecule has 4 unspecified atom stereocenters. The first kappa shape index (κ1) is 30.9. The maximum atomic E-state index is 14.5. The van der Waals surface area contributed by atoms with Crippen LogP contribution >= 0.6 is 0 Å². The van der Waals surface area contributed by atoms with Gasteiger partial charge in [0.2, 0.25) is 11.7 Å². The third kappa shape index (κ3) is 7.07. The molecule has 0 bridgehead atoms. The van der Waals surface area contributed by atoms with Gasteiger partial charge >= 0.3 is 6.18 Å². The van der Waals surface area contributed by atoms with E-state index >= 15 is 0 Å². The number of carbonyl (C=O) groups excluding carboxylic acids is 2. The summed E-state index contributed by atoms with van der Waals surface area (Å²) in [5.41, 5.74) is 8.52. The van der Waals surface area contributed by atoms with E-state index in [9.17, 15) is 35.9 Å². The van der Waals surface area contributed by atoms with E-state index in [-0.39, 0.29) is 61.2 Å². The minimum Gasteiger partial charge on any atom is -0.320 e. The molecule has 3 N–H and O–H groups in total. The van der Waals surface area contributed by atoms with Crippen molar-refractivity contribution in [3.8, 4) is 0 Å². The Labute approximate surface area is 232 Å². The van der Waals surface area contributed by atoms with Crippen LogP contribution in [0, 0.1) is 29.3 Å². The quantitative estimate of drug-likeness (QED) is 0.248. The Balaban J connectivity index is 1.48. The van der Waals surface area contributed by atoms with Gasteiger partial charge in [0.05, 0.1) is 6.04 Å². The normalized spacial score (nSPS) is 20.8. The van der Waals surface area contributed by atoms with Crippen molar-refractivity contribution in [1.29, 1.82) is 0 Å². The third-order valence-corrected chi connectivity index (χ3v) is 7.52. The predicted octanol–water partition coefficient (Wildman–Crippen LogP) is 3.30. The molecule has 2 aromatic rings. The van der Waals surface area contributed by atoms with Crippen molar-refractivity contribution >= 4 is 11.7 Å². The fraction of sp³-hybridized carbons (Fsp3) is 0.615. The van der Waals surface area contributed by atoms with Crippen LogP contribution in [0.2, 0.25) is 0 Å². The maximum absolute atomic E-state index is 14.5. The lowest BCUT2D eigenvalue weighted by Crippen LogP contribution is -2.51. The van der Waals surface area contributed by atoms with E-state index in [4.69, 9.17) is 10.6 Å². The summed E-state index contributed by atoms with van der Waals surface area (Å²) >= 11 is 0. The number of nitrogens with two attached hydrogens (primary N) is 1. The Bertz CT molecular complexity index is 1270. The first-order valence-corrected chi connectivity index (χ1v) is 13.4. The lowest BCUT2D eigenvalue weighted by Gasteiger charge is -2.30. The van der Waals surface area contributed by atoms with Crippen LogP contribution in [0.15, 0.2) is 12.1 Å². The van der Waals surface area contributed by atoms with E-state index in [0.29, 0.717) is 31.5 Å². The largest absolute Gasteiger partial charge is 0.451 e. The highest BCUT2D eigenvalue weighted by molar-refractivity contribution is 5.82. The Morgan fingerprint density at radius 2 is 1.80 bits per heavy atom. The molecule has 1 amide bonds. The number of rotatable bonds is 10. The number of hydrogen-bond acceptors (Lipinski definition) is 7. The highest BCUT2D eigenvalue weighted by Crippen LogP contribution is 2.32. The fourth-order valence-electron chi connectivity index (χ4n) is 5.13. The number of fused-ring (bicyclic) bond motifs is 1. The average Bonchev–Trinajstić information content (AvgIpc) is 3.56. The van der Waals surface area contributed by atoms with Crippen molar-refractivity contribution in [1.82, 2.24) is 25.1 Å². The van der Waals surface area contributed by atoms with Gasteiger partial charge in [-0.2, -0.15) is 18.7 Å². The molecule has 0 saturated carbocycles. The summed E-state index contributed by atoms with van der Waals surface area (Å²) in [5.74, 6) is -6.25. The van der Waals surface area contributed by atoms with Crippen molar-refractivity contribution in [2.24, 2.45) is 17.6 Å². The van der Waals surface area contributed by atoms with E-state index in [1.807, 2.05) is 13.8 Å². The third-order valence-electron chi connectivity index (χ3n) is 7.52. The second-order valence-corrected chi connectivity index (χ2v) is 10.8. The van der Waals surface area contributed by atoms with Gasteiger partial charge < -0.3 is 15.2 Å². The van der Waals surface area contributed by atoms with Gasteiger partial charge in [-0.05, 0) is 43.2 Å². The van der Waals surface area contributed by atoms with Crippen LogP contribution in [0.25, 0.3) is 0 Å². The monoisotopic (exact) mass is 590 g/mol. The number of hydrogen-bond donors (Lipinski definition) is 2. The smallest absolute Gasteiger partial charge is 0.320 e. The number of ketones is 1. The first-order valence-electron chi connectivity index (χ1n) is 13.4. The summed E-state index contributed by atoms with van der Waals surface area (Å²) in [4.78, 5) is 33.4. The highest BCUT2D eigenvalue weighted by atomic mass is 19.4. The Hall–Kier alpha value is -3.04. The second-order valence-electron chi connectivity index (χ2n) is 10.8. The van der Waals surface area contributed by atoms with Crippen LogP contribution in [-0.2, 0) is 40.0 Å². The molecule has 0 aliphatic carbocycles. The summed E-state index contributed by atoms with van der Waals surface area (Å²) in [6.45, 7) is 3.90. The van der Waals surface area contributed by atoms with Gasteiger partial charge in [-0.25, -0.2) is 13.2 Å². The maximum Gasteiger partial charge on any atom is 0.451 e. The summed E-state index contributed by atoms with van der Waals surface area (Å²) in [6.07, 6.45) is -4.84. The SMILES string of the molecule is CC(C)C(N)C(=O)N1CCCC1ONC(CC(=O)C1CCn2c(nnc2C(F)(F)F)C1)Cc1cc(F)c(F)cc1F. The lowest BCUT2D eigenvalue weighted by molar-refractivity contribution is -0.155. The summed E-state index contributed by atoms with van der Waals surface area (Å²) in [5, 5.41) is 6.82. The molecular weight excluding hydrogens is 558 g/mol. The number of aromatic nitrogens is 3. The number of hydroxylamine groups is 1. The van der Waals surface area contributed by atoms with Crippen molar-refractivity contribution in [2.45, 2.75) is 83.4 Å². The topological polar surface area (TPSA) is 115 Å². The second kappa shape index (κ2) is 12.4. The zero-order valence-electron chi connectivity index (χ0n) is 22.6. The van der Waals surface area contributed by atoms with Gasteiger partial charge in [0.1, 0.15) is 17.4 Å². The van der Waals surface area contributed by atoms with Gasteiger partial charge in [-0.15, -0.1) is 10.2 Å². The number of carbonyl (C=O) groups is 2. The molecule has 2 aliphatic heterocycles. The minimum atomic E-state index is -4.68. The first-order chi connectivity index (χ1) is 19.3. The average molecular weight is 591 g/mol. The fourth-order valence-corrected chi connectivity index (χ4v) is 5.13. The molecule has 15 heteroatoms. The molecule has 1 saturated heterocycles. The van der Waals surface area contributed by atoms with Gasteiger partial charge in [0.25, 0.3) is 0 Å². The molecule has 0 radical (unpaired) electrons. The summed E-state index contributed by atoms with van der Waals surface area (Å²) in [6, 6.07) is -0.595. The van der Waals surface area contributed by atoms with Gasteiger partial charge in [0.15, 0.2) is 17.9 Å². The van der Waals surface area contributed by atoms with Crippen LogP contribution in [0.4, 0.5) is 26.3 Å². The van der Waals surface area contributed by atoms with E-state index in [1.54, 1.807) is 0 Å². The number of halogens is 6. The Kier molecular flexibility index (Phi) is 9.39. The molecule has 41 heavy (non-hydrogen) atoms. The van der Waals surface area contributed by atoms with E-state index in [2.05, 4.69) is 15.7 Å². The van der Waals surface area contributed by atoms with Crippen molar-refractivity contribution in [3.63, 3.8) is 0 Å². The van der Waals surface area contributed by atoms with Crippen molar-refractivity contribution < 1.29 is 40.8 Å². The molecule has 1 aromatic heterocycles. The highest BCUT2D eigenvalue weighted by Gasteiger charge is 2.41. The summed E-state index contributed by atoms with van der Waals surface area (Å²) < 4.78 is 82.3. The van der Waals surface area contributed by atoms with Gasteiger partial charge in [-0.1, -0.05) is 13.8 Å². The number of amides is 1. The zero-order chi connectivity index (χ0) is 30.1. The van der Waals surface area contributed by atoms with Crippen LogP contribution in [0.1, 0.15) is 56.7 Å². The molecular formula is C26H32F6N6O3. The molecule has 1 aromatic carbocycles. The number of alkyl halides is 3. The molecule has 0 spiro atoms. The zero-order valence-corrected chi connectivity index (χ0v) is 22.6. The van der Waals surface area contributed by atoms with E-state index < -0.39 is 53.7 Å². The molecule has 4 atom stereocenters.